The van der Waals surface area contributed by atoms with E-state index in [1.54, 1.807) is 0 Å². The molecule has 1 aromatic carbocycles. The molecule has 3 N–H and O–H groups in total. The molecular weight excluding hydrogens is 245 g/mol. The zero-order valence-electron chi connectivity index (χ0n) is 8.51. The van der Waals surface area contributed by atoms with Crippen molar-refractivity contribution in [2.24, 2.45) is 5.73 Å². The molecule has 7 heteroatoms. The van der Waals surface area contributed by atoms with Crippen molar-refractivity contribution in [3.8, 4) is 0 Å². The maximum absolute atomic E-state index is 12.8. The summed E-state index contributed by atoms with van der Waals surface area (Å²) in [5.74, 6) is -1.95. The van der Waals surface area contributed by atoms with Crippen molar-refractivity contribution in [3.05, 3.63) is 35.4 Å². The second-order valence-electron chi connectivity index (χ2n) is 3.60. The molecule has 0 aliphatic rings. The molecule has 0 aliphatic heterocycles. The molecule has 17 heavy (non-hydrogen) atoms. The van der Waals surface area contributed by atoms with E-state index < -0.39 is 36.4 Å². The van der Waals surface area contributed by atoms with Crippen molar-refractivity contribution in [3.63, 3.8) is 0 Å². The summed E-state index contributed by atoms with van der Waals surface area (Å²) >= 11 is 0. The fourth-order valence-corrected chi connectivity index (χ4v) is 1.28. The van der Waals surface area contributed by atoms with Gasteiger partial charge in [0.1, 0.15) is 17.7 Å². The van der Waals surface area contributed by atoms with Crippen LogP contribution < -0.4 is 5.73 Å². The van der Waals surface area contributed by atoms with E-state index in [1.165, 1.54) is 0 Å². The highest BCUT2D eigenvalue weighted by Gasteiger charge is 2.38. The average molecular weight is 255 g/mol. The Bertz CT molecular complexity index is 373. The molecule has 1 rings (SSSR count). The predicted octanol–water partition coefficient (Wildman–Crippen LogP) is 2.28. The Morgan fingerprint density at radius 2 is 1.59 bits per heavy atom. The van der Waals surface area contributed by atoms with Crippen molar-refractivity contribution in [2.45, 2.75) is 24.7 Å². The number of aliphatic hydroxyl groups excluding tert-OH is 1. The molecule has 0 aliphatic carbocycles. The summed E-state index contributed by atoms with van der Waals surface area (Å²) < 4.78 is 61.8. The largest absolute Gasteiger partial charge is 0.403 e. The Morgan fingerprint density at radius 1 is 1.12 bits per heavy atom. The normalized spacial score (nSPS) is 15.7. The van der Waals surface area contributed by atoms with Gasteiger partial charge in [-0.1, -0.05) is 0 Å². The molecule has 0 aromatic heterocycles. The first-order chi connectivity index (χ1) is 7.70. The van der Waals surface area contributed by atoms with Gasteiger partial charge in [-0.05, 0) is 17.7 Å². The molecule has 2 nitrogen and oxygen atoms in total. The predicted molar refractivity (Wildman–Crippen MR) is 50.0 cm³/mol. The third-order valence-corrected chi connectivity index (χ3v) is 2.17. The van der Waals surface area contributed by atoms with E-state index in [-0.39, 0.29) is 5.56 Å². The number of aliphatic hydroxyl groups is 1. The van der Waals surface area contributed by atoms with Crippen LogP contribution >= 0.6 is 0 Å². The number of nitrogens with two attached hydrogens (primary N) is 1. The Hall–Kier alpha value is -1.21. The quantitative estimate of drug-likeness (QED) is 0.814. The van der Waals surface area contributed by atoms with Gasteiger partial charge >= 0.3 is 6.18 Å². The fourth-order valence-electron chi connectivity index (χ4n) is 1.28. The summed E-state index contributed by atoms with van der Waals surface area (Å²) in [6.45, 7) is 0. The van der Waals surface area contributed by atoms with Gasteiger partial charge < -0.3 is 10.8 Å². The van der Waals surface area contributed by atoms with Crippen LogP contribution in [0.5, 0.6) is 0 Å². The van der Waals surface area contributed by atoms with Crippen molar-refractivity contribution >= 4 is 0 Å². The Balaban J connectivity index is 2.79. The minimum atomic E-state index is -4.66. The van der Waals surface area contributed by atoms with Gasteiger partial charge in [-0.2, -0.15) is 13.2 Å². The van der Waals surface area contributed by atoms with Gasteiger partial charge in [0.15, 0.2) is 0 Å². The van der Waals surface area contributed by atoms with Crippen LogP contribution in [-0.2, 0) is 0 Å². The molecule has 96 valence electrons. The Kier molecular flexibility index (Phi) is 4.05. The van der Waals surface area contributed by atoms with Gasteiger partial charge in [-0.15, -0.1) is 0 Å². The highest BCUT2D eigenvalue weighted by atomic mass is 19.4. The lowest BCUT2D eigenvalue weighted by Crippen LogP contribution is -2.38. The Labute approximate surface area is 93.9 Å². The van der Waals surface area contributed by atoms with Crippen LogP contribution in [0, 0.1) is 11.6 Å². The number of hydrogen-bond acceptors (Lipinski definition) is 2. The molecular formula is C10H10F5NO. The third kappa shape index (κ3) is 3.94. The molecule has 0 radical (unpaired) electrons. The second-order valence-corrected chi connectivity index (χ2v) is 3.60. The number of rotatable bonds is 3. The van der Waals surface area contributed by atoms with Crippen molar-refractivity contribution in [1.29, 1.82) is 0 Å². The minimum Gasteiger partial charge on any atom is -0.388 e. The lowest BCUT2D eigenvalue weighted by atomic mass is 10.0. The molecule has 0 unspecified atom stereocenters. The highest BCUT2D eigenvalue weighted by Crippen LogP contribution is 2.27. The smallest absolute Gasteiger partial charge is 0.388 e. The first-order valence-electron chi connectivity index (χ1n) is 4.66. The van der Waals surface area contributed by atoms with E-state index >= 15 is 0 Å². The molecule has 0 heterocycles. The van der Waals surface area contributed by atoms with Gasteiger partial charge in [0.05, 0.1) is 6.10 Å². The van der Waals surface area contributed by atoms with E-state index in [0.29, 0.717) is 6.07 Å². The van der Waals surface area contributed by atoms with Crippen LogP contribution in [0.25, 0.3) is 0 Å². The van der Waals surface area contributed by atoms with Gasteiger partial charge in [0, 0.05) is 12.5 Å². The van der Waals surface area contributed by atoms with Crippen LogP contribution in [0.2, 0.25) is 0 Å². The molecule has 2 atom stereocenters. The number of hydrogen-bond donors (Lipinski definition) is 2. The summed E-state index contributed by atoms with van der Waals surface area (Å²) in [6, 6.07) is -0.169. The summed E-state index contributed by atoms with van der Waals surface area (Å²) in [6.07, 6.45) is -7.18. The van der Waals surface area contributed by atoms with Crippen LogP contribution in [0.3, 0.4) is 0 Å². The summed E-state index contributed by atoms with van der Waals surface area (Å²) in [7, 11) is 0. The maximum Gasteiger partial charge on any atom is 0.403 e. The summed E-state index contributed by atoms with van der Waals surface area (Å²) in [4.78, 5) is 0. The zero-order valence-corrected chi connectivity index (χ0v) is 8.51. The molecule has 0 saturated carbocycles. The topological polar surface area (TPSA) is 46.2 Å². The van der Waals surface area contributed by atoms with E-state index in [2.05, 4.69) is 0 Å². The number of benzene rings is 1. The molecule has 0 fully saturated rings. The van der Waals surface area contributed by atoms with Crippen LogP contribution in [-0.4, -0.2) is 17.3 Å². The average Bonchev–Trinajstić information content (AvgIpc) is 2.14. The Morgan fingerprint density at radius 3 is 2.00 bits per heavy atom. The SMILES string of the molecule is N[C@H](C[C@@H](O)c1cc(F)cc(F)c1)C(F)(F)F. The van der Waals surface area contributed by atoms with Gasteiger partial charge in [-0.25, -0.2) is 8.78 Å². The molecule has 0 bridgehead atoms. The number of halogens is 5. The summed E-state index contributed by atoms with van der Waals surface area (Å²) in [5.41, 5.74) is 4.52. The van der Waals surface area contributed by atoms with Crippen molar-refractivity contribution < 1.29 is 27.1 Å². The minimum absolute atomic E-state index is 0.276. The van der Waals surface area contributed by atoms with E-state index in [1.807, 2.05) is 0 Å². The van der Waals surface area contributed by atoms with Crippen molar-refractivity contribution in [1.82, 2.24) is 0 Å². The third-order valence-electron chi connectivity index (χ3n) is 2.17. The van der Waals surface area contributed by atoms with Gasteiger partial charge in [0.25, 0.3) is 0 Å². The number of alkyl halides is 3. The molecule has 0 saturated heterocycles. The molecule has 0 spiro atoms. The highest BCUT2D eigenvalue weighted by molar-refractivity contribution is 5.20. The monoisotopic (exact) mass is 255 g/mol. The summed E-state index contributed by atoms with van der Waals surface area (Å²) in [5, 5.41) is 9.39. The van der Waals surface area contributed by atoms with Crippen LogP contribution in [0.4, 0.5) is 22.0 Å². The van der Waals surface area contributed by atoms with E-state index in [9.17, 15) is 27.1 Å². The van der Waals surface area contributed by atoms with Crippen LogP contribution in [0.1, 0.15) is 18.1 Å². The van der Waals surface area contributed by atoms with Crippen LogP contribution in [0.15, 0.2) is 18.2 Å². The standard InChI is InChI=1S/C10H10F5NO/c11-6-1-5(2-7(12)3-6)8(17)4-9(16)10(13,14)15/h1-3,8-9,17H,4,16H2/t8-,9-/m1/s1. The maximum atomic E-state index is 12.8. The lowest BCUT2D eigenvalue weighted by molar-refractivity contribution is -0.153. The van der Waals surface area contributed by atoms with Gasteiger partial charge in [0.2, 0.25) is 0 Å². The van der Waals surface area contributed by atoms with E-state index in [4.69, 9.17) is 5.73 Å². The zero-order chi connectivity index (χ0) is 13.2. The first kappa shape index (κ1) is 13.9. The second kappa shape index (κ2) is 4.97. The fraction of sp³-hybridized carbons (Fsp3) is 0.400. The lowest BCUT2D eigenvalue weighted by Gasteiger charge is -2.19. The van der Waals surface area contributed by atoms with Crippen molar-refractivity contribution in [2.75, 3.05) is 0 Å². The van der Waals surface area contributed by atoms with Gasteiger partial charge in [-0.3, -0.25) is 0 Å². The first-order valence-corrected chi connectivity index (χ1v) is 4.66. The van der Waals surface area contributed by atoms with E-state index in [0.717, 1.165) is 12.1 Å². The molecule has 0 amide bonds. The molecule has 1 aromatic rings.